The highest BCUT2D eigenvalue weighted by atomic mass is 35.5. The Kier molecular flexibility index (Phi) is 5.40. The number of carbonyl (C=O) groups is 1. The van der Waals surface area contributed by atoms with Gasteiger partial charge in [0.05, 0.1) is 6.10 Å². The van der Waals surface area contributed by atoms with Crippen molar-refractivity contribution in [2.45, 2.75) is 19.4 Å². The summed E-state index contributed by atoms with van der Waals surface area (Å²) in [6.07, 6.45) is 0.0496. The summed E-state index contributed by atoms with van der Waals surface area (Å²) in [5, 5.41) is 10.9. The van der Waals surface area contributed by atoms with E-state index < -0.39 is 6.10 Å². The topological polar surface area (TPSA) is 43.8 Å². The standard InChI is InChI=1S/C15H21ClN2O2/c1-2-15(20)18-9-7-17(8-10-18)11-14(19)12-3-5-13(16)6-4-12/h3-6,14,19H,2,7-11H2,1H3. The summed E-state index contributed by atoms with van der Waals surface area (Å²) in [6, 6.07) is 7.28. The summed E-state index contributed by atoms with van der Waals surface area (Å²) >= 11 is 5.84. The van der Waals surface area contributed by atoms with Gasteiger partial charge in [0.2, 0.25) is 5.91 Å². The fraction of sp³-hybridized carbons (Fsp3) is 0.533. The number of piperazine rings is 1. The Bertz CT molecular complexity index is 442. The molecule has 1 aliphatic heterocycles. The fourth-order valence-electron chi connectivity index (χ4n) is 2.44. The fourth-order valence-corrected chi connectivity index (χ4v) is 2.56. The lowest BCUT2D eigenvalue weighted by molar-refractivity contribution is -0.132. The maximum atomic E-state index is 11.6. The van der Waals surface area contributed by atoms with Crippen LogP contribution in [-0.4, -0.2) is 53.5 Å². The van der Waals surface area contributed by atoms with E-state index in [4.69, 9.17) is 11.6 Å². The molecule has 0 bridgehead atoms. The number of halogens is 1. The minimum Gasteiger partial charge on any atom is -0.387 e. The molecule has 1 atom stereocenters. The van der Waals surface area contributed by atoms with Gasteiger partial charge >= 0.3 is 0 Å². The first kappa shape index (κ1) is 15.3. The number of aliphatic hydroxyl groups is 1. The van der Waals surface area contributed by atoms with E-state index in [1.807, 2.05) is 24.0 Å². The number of hydrogen-bond donors (Lipinski definition) is 1. The Labute approximate surface area is 124 Å². The quantitative estimate of drug-likeness (QED) is 0.923. The molecule has 1 heterocycles. The van der Waals surface area contributed by atoms with Gasteiger partial charge in [0.25, 0.3) is 0 Å². The van der Waals surface area contributed by atoms with Crippen molar-refractivity contribution in [3.05, 3.63) is 34.9 Å². The molecular weight excluding hydrogens is 276 g/mol. The first-order valence-electron chi connectivity index (χ1n) is 7.04. The summed E-state index contributed by atoms with van der Waals surface area (Å²) in [7, 11) is 0. The van der Waals surface area contributed by atoms with Gasteiger partial charge in [-0.25, -0.2) is 0 Å². The molecule has 2 rings (SSSR count). The van der Waals surface area contributed by atoms with Crippen LogP contribution in [0.3, 0.4) is 0 Å². The predicted molar refractivity (Wildman–Crippen MR) is 79.7 cm³/mol. The highest BCUT2D eigenvalue weighted by Crippen LogP contribution is 2.18. The van der Waals surface area contributed by atoms with Gasteiger partial charge in [0.15, 0.2) is 0 Å². The Hall–Kier alpha value is -1.10. The molecule has 0 saturated carbocycles. The van der Waals surface area contributed by atoms with Crippen LogP contribution in [-0.2, 0) is 4.79 Å². The number of aliphatic hydroxyl groups excluding tert-OH is 1. The average molecular weight is 297 g/mol. The zero-order valence-corrected chi connectivity index (χ0v) is 12.5. The zero-order chi connectivity index (χ0) is 14.5. The van der Waals surface area contributed by atoms with Gasteiger partial charge in [0.1, 0.15) is 0 Å². The lowest BCUT2D eigenvalue weighted by Crippen LogP contribution is -2.49. The molecule has 0 aromatic heterocycles. The second kappa shape index (κ2) is 7.07. The van der Waals surface area contributed by atoms with Crippen molar-refractivity contribution in [1.82, 2.24) is 9.80 Å². The molecular formula is C15H21ClN2O2. The van der Waals surface area contributed by atoms with Crippen LogP contribution in [0.1, 0.15) is 25.0 Å². The minimum atomic E-state index is -0.513. The number of nitrogens with zero attached hydrogens (tertiary/aromatic N) is 2. The highest BCUT2D eigenvalue weighted by molar-refractivity contribution is 6.30. The van der Waals surface area contributed by atoms with Gasteiger partial charge < -0.3 is 10.0 Å². The van der Waals surface area contributed by atoms with Crippen LogP contribution >= 0.6 is 11.6 Å². The third-order valence-corrected chi connectivity index (χ3v) is 3.97. The molecule has 1 aliphatic rings. The Balaban J connectivity index is 1.83. The summed E-state index contributed by atoms with van der Waals surface area (Å²) < 4.78 is 0. The van der Waals surface area contributed by atoms with E-state index in [9.17, 15) is 9.90 Å². The number of benzene rings is 1. The monoisotopic (exact) mass is 296 g/mol. The molecule has 0 spiro atoms. The van der Waals surface area contributed by atoms with E-state index in [-0.39, 0.29) is 5.91 Å². The van der Waals surface area contributed by atoms with E-state index >= 15 is 0 Å². The van der Waals surface area contributed by atoms with Gasteiger partial charge in [-0.2, -0.15) is 0 Å². The smallest absolute Gasteiger partial charge is 0.222 e. The van der Waals surface area contributed by atoms with Crippen molar-refractivity contribution in [2.24, 2.45) is 0 Å². The highest BCUT2D eigenvalue weighted by Gasteiger charge is 2.21. The number of β-amino-alcohol motifs (C(OH)–C–C–N with tert-alkyl or cyclic N) is 1. The first-order valence-corrected chi connectivity index (χ1v) is 7.41. The molecule has 4 nitrogen and oxygen atoms in total. The van der Waals surface area contributed by atoms with E-state index in [1.54, 1.807) is 12.1 Å². The number of rotatable bonds is 4. The summed E-state index contributed by atoms with van der Waals surface area (Å²) in [5.74, 6) is 0.211. The van der Waals surface area contributed by atoms with Crippen molar-refractivity contribution in [3.8, 4) is 0 Å². The van der Waals surface area contributed by atoms with Gasteiger partial charge in [-0.15, -0.1) is 0 Å². The van der Waals surface area contributed by atoms with E-state index in [0.717, 1.165) is 31.7 Å². The van der Waals surface area contributed by atoms with Crippen LogP contribution in [0.5, 0.6) is 0 Å². The summed E-state index contributed by atoms with van der Waals surface area (Å²) in [5.41, 5.74) is 0.876. The molecule has 1 N–H and O–H groups in total. The van der Waals surface area contributed by atoms with E-state index in [2.05, 4.69) is 4.90 Å². The third kappa shape index (κ3) is 3.95. The van der Waals surface area contributed by atoms with Crippen molar-refractivity contribution < 1.29 is 9.90 Å². The minimum absolute atomic E-state index is 0.211. The summed E-state index contributed by atoms with van der Waals surface area (Å²) in [6.45, 7) is 5.61. The van der Waals surface area contributed by atoms with Crippen molar-refractivity contribution >= 4 is 17.5 Å². The second-order valence-corrected chi connectivity index (χ2v) is 5.54. The number of hydrogen-bond acceptors (Lipinski definition) is 3. The molecule has 0 radical (unpaired) electrons. The largest absolute Gasteiger partial charge is 0.387 e. The maximum absolute atomic E-state index is 11.6. The van der Waals surface area contributed by atoms with Crippen LogP contribution in [0.15, 0.2) is 24.3 Å². The van der Waals surface area contributed by atoms with Crippen LogP contribution in [0.4, 0.5) is 0 Å². The molecule has 1 aromatic rings. The molecule has 5 heteroatoms. The van der Waals surface area contributed by atoms with Crippen LogP contribution in [0.25, 0.3) is 0 Å². The molecule has 1 unspecified atom stereocenters. The third-order valence-electron chi connectivity index (χ3n) is 3.71. The number of carbonyl (C=O) groups excluding carboxylic acids is 1. The van der Waals surface area contributed by atoms with Gasteiger partial charge in [0, 0.05) is 44.2 Å². The zero-order valence-electron chi connectivity index (χ0n) is 11.8. The van der Waals surface area contributed by atoms with Crippen LogP contribution in [0.2, 0.25) is 5.02 Å². The van der Waals surface area contributed by atoms with Gasteiger partial charge in [-0.3, -0.25) is 9.69 Å². The molecule has 0 aliphatic carbocycles. The number of amides is 1. The van der Waals surface area contributed by atoms with Crippen molar-refractivity contribution in [2.75, 3.05) is 32.7 Å². The molecule has 20 heavy (non-hydrogen) atoms. The van der Waals surface area contributed by atoms with Gasteiger partial charge in [-0.05, 0) is 17.7 Å². The SMILES string of the molecule is CCC(=O)N1CCN(CC(O)c2ccc(Cl)cc2)CC1. The maximum Gasteiger partial charge on any atom is 0.222 e. The lowest BCUT2D eigenvalue weighted by Gasteiger charge is -2.35. The molecule has 1 saturated heterocycles. The van der Waals surface area contributed by atoms with Crippen LogP contribution in [0, 0.1) is 0 Å². The molecule has 110 valence electrons. The molecule has 1 aromatic carbocycles. The predicted octanol–water partition coefficient (Wildman–Crippen LogP) is 1.93. The van der Waals surface area contributed by atoms with Crippen molar-refractivity contribution in [3.63, 3.8) is 0 Å². The second-order valence-electron chi connectivity index (χ2n) is 5.10. The van der Waals surface area contributed by atoms with E-state index in [1.165, 1.54) is 0 Å². The average Bonchev–Trinajstić information content (AvgIpc) is 2.48. The normalized spacial score (nSPS) is 18.1. The van der Waals surface area contributed by atoms with Crippen LogP contribution < -0.4 is 0 Å². The van der Waals surface area contributed by atoms with Crippen molar-refractivity contribution in [1.29, 1.82) is 0 Å². The van der Waals surface area contributed by atoms with E-state index in [0.29, 0.717) is 18.0 Å². The Morgan fingerprint density at radius 1 is 1.25 bits per heavy atom. The van der Waals surface area contributed by atoms with Gasteiger partial charge in [-0.1, -0.05) is 30.7 Å². The summed E-state index contributed by atoms with van der Waals surface area (Å²) in [4.78, 5) is 15.7. The Morgan fingerprint density at radius 2 is 1.85 bits per heavy atom. The lowest BCUT2D eigenvalue weighted by atomic mass is 10.1. The Morgan fingerprint density at radius 3 is 2.40 bits per heavy atom. The first-order chi connectivity index (χ1) is 9.60. The molecule has 1 fully saturated rings. The molecule has 1 amide bonds.